The Morgan fingerprint density at radius 3 is 2.83 bits per heavy atom. The number of benzene rings is 1. The van der Waals surface area contributed by atoms with Gasteiger partial charge in [0.2, 0.25) is 0 Å². The van der Waals surface area contributed by atoms with E-state index in [4.69, 9.17) is 16.3 Å². The van der Waals surface area contributed by atoms with Crippen molar-refractivity contribution >= 4 is 29.7 Å². The Labute approximate surface area is 141 Å². The SMILES string of the molecule is CC(C)(C)OC(=O)NC1CCCN(c2ccc(Cl)cc2C=O)C1. The summed E-state index contributed by atoms with van der Waals surface area (Å²) in [5, 5.41) is 3.45. The Bertz CT molecular complexity index is 584. The van der Waals surface area contributed by atoms with E-state index < -0.39 is 11.7 Å². The van der Waals surface area contributed by atoms with Crippen LogP contribution in [0.15, 0.2) is 18.2 Å². The second-order valence-corrected chi connectivity index (χ2v) is 7.19. The number of carbonyl (C=O) groups is 2. The Kier molecular flexibility index (Phi) is 5.52. The van der Waals surface area contributed by atoms with E-state index in [1.165, 1.54) is 0 Å². The van der Waals surface area contributed by atoms with Gasteiger partial charge in [0.1, 0.15) is 5.60 Å². The highest BCUT2D eigenvalue weighted by Crippen LogP contribution is 2.26. The maximum absolute atomic E-state index is 11.9. The van der Waals surface area contributed by atoms with Crippen molar-refractivity contribution in [2.75, 3.05) is 18.0 Å². The van der Waals surface area contributed by atoms with Crippen LogP contribution in [0.2, 0.25) is 5.02 Å². The molecule has 0 spiro atoms. The van der Waals surface area contributed by atoms with Crippen LogP contribution in [0, 0.1) is 0 Å². The van der Waals surface area contributed by atoms with Gasteiger partial charge in [0.15, 0.2) is 6.29 Å². The third kappa shape index (κ3) is 5.13. The fourth-order valence-electron chi connectivity index (χ4n) is 2.70. The average Bonchev–Trinajstić information content (AvgIpc) is 2.45. The molecule has 6 heteroatoms. The number of hydrogen-bond donors (Lipinski definition) is 1. The molecule has 0 saturated carbocycles. The van der Waals surface area contributed by atoms with E-state index in [0.29, 0.717) is 17.1 Å². The maximum Gasteiger partial charge on any atom is 0.407 e. The van der Waals surface area contributed by atoms with E-state index >= 15 is 0 Å². The molecule has 1 N–H and O–H groups in total. The molecule has 1 amide bonds. The molecular weight excluding hydrogens is 316 g/mol. The number of carbonyl (C=O) groups excluding carboxylic acids is 2. The highest BCUT2D eigenvalue weighted by atomic mass is 35.5. The zero-order valence-corrected chi connectivity index (χ0v) is 14.5. The lowest BCUT2D eigenvalue weighted by molar-refractivity contribution is 0.0500. The topological polar surface area (TPSA) is 58.6 Å². The third-order valence-corrected chi connectivity index (χ3v) is 3.83. The van der Waals surface area contributed by atoms with Gasteiger partial charge in [-0.25, -0.2) is 4.79 Å². The zero-order valence-electron chi connectivity index (χ0n) is 13.8. The quantitative estimate of drug-likeness (QED) is 0.855. The van der Waals surface area contributed by atoms with Crippen LogP contribution in [-0.2, 0) is 4.74 Å². The number of piperidine rings is 1. The van der Waals surface area contributed by atoms with Crippen molar-refractivity contribution in [3.63, 3.8) is 0 Å². The molecule has 126 valence electrons. The maximum atomic E-state index is 11.9. The van der Waals surface area contributed by atoms with E-state index in [0.717, 1.165) is 31.4 Å². The number of halogens is 1. The minimum atomic E-state index is -0.515. The summed E-state index contributed by atoms with van der Waals surface area (Å²) in [7, 11) is 0. The molecule has 2 rings (SSSR count). The van der Waals surface area contributed by atoms with Crippen LogP contribution in [0.5, 0.6) is 0 Å². The summed E-state index contributed by atoms with van der Waals surface area (Å²) in [5.41, 5.74) is 0.898. The summed E-state index contributed by atoms with van der Waals surface area (Å²) in [6, 6.07) is 5.28. The van der Waals surface area contributed by atoms with Crippen LogP contribution in [0.3, 0.4) is 0 Å². The summed E-state index contributed by atoms with van der Waals surface area (Å²) in [4.78, 5) is 25.3. The molecule has 23 heavy (non-hydrogen) atoms. The lowest BCUT2D eigenvalue weighted by Gasteiger charge is -2.35. The van der Waals surface area contributed by atoms with Crippen LogP contribution < -0.4 is 10.2 Å². The summed E-state index contributed by atoms with van der Waals surface area (Å²) < 4.78 is 5.30. The number of rotatable bonds is 3. The Morgan fingerprint density at radius 2 is 2.17 bits per heavy atom. The molecule has 0 bridgehead atoms. The van der Waals surface area contributed by atoms with Crippen molar-refractivity contribution in [1.82, 2.24) is 5.32 Å². The smallest absolute Gasteiger partial charge is 0.407 e. The molecule has 1 fully saturated rings. The minimum Gasteiger partial charge on any atom is -0.444 e. The molecular formula is C17H23ClN2O3. The van der Waals surface area contributed by atoms with Crippen molar-refractivity contribution in [3.8, 4) is 0 Å². The molecule has 0 aliphatic carbocycles. The molecule has 1 aliphatic rings. The van der Waals surface area contributed by atoms with Gasteiger partial charge in [-0.2, -0.15) is 0 Å². The summed E-state index contributed by atoms with van der Waals surface area (Å²) >= 11 is 5.94. The van der Waals surface area contributed by atoms with Gasteiger partial charge in [-0.15, -0.1) is 0 Å². The Hall–Kier alpha value is -1.75. The molecule has 1 atom stereocenters. The van der Waals surface area contributed by atoms with Crippen LogP contribution in [-0.4, -0.2) is 37.1 Å². The van der Waals surface area contributed by atoms with Crippen molar-refractivity contribution in [3.05, 3.63) is 28.8 Å². The zero-order chi connectivity index (χ0) is 17.0. The van der Waals surface area contributed by atoms with Gasteiger partial charge >= 0.3 is 6.09 Å². The first-order valence-corrected chi connectivity index (χ1v) is 8.15. The molecule has 1 aliphatic heterocycles. The van der Waals surface area contributed by atoms with Gasteiger partial charge in [-0.1, -0.05) is 11.6 Å². The van der Waals surface area contributed by atoms with Gasteiger partial charge < -0.3 is 15.0 Å². The van der Waals surface area contributed by atoms with Gasteiger partial charge in [0.25, 0.3) is 0 Å². The van der Waals surface area contributed by atoms with Crippen LogP contribution in [0.4, 0.5) is 10.5 Å². The van der Waals surface area contributed by atoms with E-state index in [2.05, 4.69) is 10.2 Å². The van der Waals surface area contributed by atoms with Crippen LogP contribution in [0.25, 0.3) is 0 Å². The van der Waals surface area contributed by atoms with Crippen molar-refractivity contribution in [2.45, 2.75) is 45.3 Å². The number of amides is 1. The van der Waals surface area contributed by atoms with Gasteiger partial charge in [0, 0.05) is 35.4 Å². The second kappa shape index (κ2) is 7.21. The van der Waals surface area contributed by atoms with E-state index in [1.807, 2.05) is 26.8 Å². The van der Waals surface area contributed by atoms with Crippen molar-refractivity contribution in [1.29, 1.82) is 0 Å². The number of nitrogens with one attached hydrogen (secondary N) is 1. The Balaban J connectivity index is 2.04. The molecule has 1 aromatic rings. The number of anilines is 1. The monoisotopic (exact) mass is 338 g/mol. The minimum absolute atomic E-state index is 0.00576. The van der Waals surface area contributed by atoms with Crippen LogP contribution in [0.1, 0.15) is 44.0 Å². The predicted molar refractivity (Wildman–Crippen MR) is 91.4 cm³/mol. The largest absolute Gasteiger partial charge is 0.444 e. The van der Waals surface area contributed by atoms with E-state index in [1.54, 1.807) is 12.1 Å². The number of ether oxygens (including phenoxy) is 1. The average molecular weight is 339 g/mol. The van der Waals surface area contributed by atoms with E-state index in [-0.39, 0.29) is 6.04 Å². The Morgan fingerprint density at radius 1 is 1.43 bits per heavy atom. The summed E-state index contributed by atoms with van der Waals surface area (Å²) in [6.07, 6.45) is 2.23. The first-order valence-electron chi connectivity index (χ1n) is 7.77. The standard InChI is InChI=1S/C17H23ClN2O3/c1-17(2,3)23-16(22)19-14-5-4-8-20(10-14)15-7-6-13(18)9-12(15)11-21/h6-7,9,11,14H,4-5,8,10H2,1-3H3,(H,19,22). The fourth-order valence-corrected chi connectivity index (χ4v) is 2.88. The normalized spacial score (nSPS) is 18.4. The van der Waals surface area contributed by atoms with Gasteiger partial charge in [-0.05, 0) is 51.8 Å². The highest BCUT2D eigenvalue weighted by molar-refractivity contribution is 6.31. The fraction of sp³-hybridized carbons (Fsp3) is 0.529. The first-order chi connectivity index (χ1) is 10.8. The lowest BCUT2D eigenvalue weighted by atomic mass is 10.0. The lowest BCUT2D eigenvalue weighted by Crippen LogP contribution is -2.49. The summed E-state index contributed by atoms with van der Waals surface area (Å²) in [5.74, 6) is 0. The second-order valence-electron chi connectivity index (χ2n) is 6.75. The molecule has 0 radical (unpaired) electrons. The first kappa shape index (κ1) is 17.6. The predicted octanol–water partition coefficient (Wildman–Crippen LogP) is 3.65. The number of nitrogens with zero attached hydrogens (tertiary/aromatic N) is 1. The van der Waals surface area contributed by atoms with Gasteiger partial charge in [-0.3, -0.25) is 4.79 Å². The summed E-state index contributed by atoms with van der Waals surface area (Å²) in [6.45, 7) is 6.99. The molecule has 5 nitrogen and oxygen atoms in total. The number of hydrogen-bond acceptors (Lipinski definition) is 4. The highest BCUT2D eigenvalue weighted by Gasteiger charge is 2.25. The molecule has 1 heterocycles. The molecule has 0 aromatic heterocycles. The van der Waals surface area contributed by atoms with Gasteiger partial charge in [0.05, 0.1) is 0 Å². The van der Waals surface area contributed by atoms with Crippen molar-refractivity contribution in [2.24, 2.45) is 0 Å². The van der Waals surface area contributed by atoms with Crippen molar-refractivity contribution < 1.29 is 14.3 Å². The van der Waals surface area contributed by atoms with E-state index in [9.17, 15) is 9.59 Å². The molecule has 1 aromatic carbocycles. The number of alkyl carbamates (subject to hydrolysis) is 1. The molecule has 1 saturated heterocycles. The van der Waals surface area contributed by atoms with Crippen LogP contribution >= 0.6 is 11.6 Å². The number of aldehydes is 1. The molecule has 1 unspecified atom stereocenters. The third-order valence-electron chi connectivity index (χ3n) is 3.60.